The van der Waals surface area contributed by atoms with Crippen molar-refractivity contribution in [2.75, 3.05) is 0 Å². The lowest BCUT2D eigenvalue weighted by atomic mass is 10.1. The number of carbonyl (C=O) groups is 2. The first-order valence-corrected chi connectivity index (χ1v) is 6.39. The van der Waals surface area contributed by atoms with Crippen molar-refractivity contribution >= 4 is 17.7 Å². The normalized spacial score (nSPS) is 17.7. The van der Waals surface area contributed by atoms with E-state index >= 15 is 0 Å². The monoisotopic (exact) mass is 286 g/mol. The van der Waals surface area contributed by atoms with E-state index in [1.54, 1.807) is 12.9 Å². The second-order valence-electron chi connectivity index (χ2n) is 4.62. The molecule has 0 spiro atoms. The maximum absolute atomic E-state index is 12.1. The van der Waals surface area contributed by atoms with Crippen molar-refractivity contribution < 1.29 is 23.9 Å². The number of ketones is 1. The molecule has 0 amide bonds. The van der Waals surface area contributed by atoms with Crippen molar-refractivity contribution in [3.05, 3.63) is 52.8 Å². The zero-order valence-electron chi connectivity index (χ0n) is 11.7. The van der Waals surface area contributed by atoms with Gasteiger partial charge in [-0.1, -0.05) is 30.3 Å². The molecule has 0 unspecified atom stereocenters. The number of ether oxygens (including phenoxy) is 2. The summed E-state index contributed by atoms with van der Waals surface area (Å²) in [6.45, 7) is 3.00. The summed E-state index contributed by atoms with van der Waals surface area (Å²) in [6.07, 6.45) is -1.00. The van der Waals surface area contributed by atoms with E-state index in [2.05, 4.69) is 0 Å². The van der Waals surface area contributed by atoms with Crippen LogP contribution in [0.4, 0.5) is 0 Å². The number of benzene rings is 1. The van der Waals surface area contributed by atoms with E-state index in [9.17, 15) is 14.4 Å². The first-order chi connectivity index (χ1) is 10.0. The molecule has 108 valence electrons. The Labute approximate surface area is 121 Å². The molecule has 2 rings (SSSR count). The largest absolute Gasteiger partial charge is 0.485 e. The first kappa shape index (κ1) is 14.8. The molecular formula is C16H14O5. The van der Waals surface area contributed by atoms with Crippen LogP contribution in [-0.2, 0) is 30.5 Å². The minimum atomic E-state index is -1.00. The summed E-state index contributed by atoms with van der Waals surface area (Å²) in [6, 6.07) is 9.30. The maximum Gasteiger partial charge on any atom is 0.303 e. The highest BCUT2D eigenvalue weighted by Crippen LogP contribution is 2.30. The third kappa shape index (κ3) is 3.09. The number of esters is 1. The number of allylic oxidation sites excluding steroid dienone is 1. The standard InChI is InChI=1S/C16H14O5/c1-10-15(21-11(2)18)13(8-17)14(19)16(10)20-9-12-6-4-3-5-7-12/h3-7,15H,9H2,1-2H3/t15-/m1/s1. The lowest BCUT2D eigenvalue weighted by molar-refractivity contribution is -0.143. The second kappa shape index (κ2) is 6.20. The highest BCUT2D eigenvalue weighted by Gasteiger charge is 2.40. The Hall–Kier alpha value is -2.65. The average molecular weight is 286 g/mol. The van der Waals surface area contributed by atoms with Crippen molar-refractivity contribution in [2.45, 2.75) is 26.6 Å². The van der Waals surface area contributed by atoms with Crippen LogP contribution in [0.2, 0.25) is 0 Å². The average Bonchev–Trinajstić information content (AvgIpc) is 2.68. The van der Waals surface area contributed by atoms with Crippen LogP contribution in [0.5, 0.6) is 0 Å². The Balaban J connectivity index is 2.21. The molecule has 1 aliphatic carbocycles. The summed E-state index contributed by atoms with van der Waals surface area (Å²) in [4.78, 5) is 34.1. The molecule has 1 aromatic rings. The Bertz CT molecular complexity index is 651. The molecule has 1 atom stereocenters. The highest BCUT2D eigenvalue weighted by atomic mass is 16.5. The zero-order valence-corrected chi connectivity index (χ0v) is 11.7. The fourth-order valence-corrected chi connectivity index (χ4v) is 2.08. The lowest BCUT2D eigenvalue weighted by Crippen LogP contribution is -2.19. The molecule has 0 N–H and O–H groups in total. The molecule has 1 aromatic carbocycles. The van der Waals surface area contributed by atoms with E-state index in [1.807, 2.05) is 30.3 Å². The Morgan fingerprint density at radius 3 is 2.52 bits per heavy atom. The van der Waals surface area contributed by atoms with Gasteiger partial charge in [0.25, 0.3) is 0 Å². The molecule has 0 bridgehead atoms. The summed E-state index contributed by atoms with van der Waals surface area (Å²) in [7, 11) is 0. The van der Waals surface area contributed by atoms with Crippen LogP contribution in [0.15, 0.2) is 47.2 Å². The second-order valence-corrected chi connectivity index (χ2v) is 4.62. The van der Waals surface area contributed by atoms with Gasteiger partial charge in [0.1, 0.15) is 18.1 Å². The molecule has 0 saturated carbocycles. The van der Waals surface area contributed by atoms with Crippen LogP contribution >= 0.6 is 0 Å². The van der Waals surface area contributed by atoms with E-state index < -0.39 is 17.9 Å². The molecule has 1 aliphatic rings. The number of rotatable bonds is 4. The molecule has 5 heteroatoms. The number of carbonyl (C=O) groups excluding carboxylic acids is 3. The van der Waals surface area contributed by atoms with Gasteiger partial charge in [-0.3, -0.25) is 9.59 Å². The minimum Gasteiger partial charge on any atom is -0.485 e. The summed E-state index contributed by atoms with van der Waals surface area (Å²) in [5.74, 6) is 0.432. The zero-order chi connectivity index (χ0) is 15.4. The van der Waals surface area contributed by atoms with Crippen LogP contribution in [0, 0.1) is 0 Å². The van der Waals surface area contributed by atoms with E-state index in [-0.39, 0.29) is 17.9 Å². The van der Waals surface area contributed by atoms with Crippen LogP contribution < -0.4 is 0 Å². The summed E-state index contributed by atoms with van der Waals surface area (Å²) < 4.78 is 10.5. The van der Waals surface area contributed by atoms with Crippen molar-refractivity contribution in [3.8, 4) is 0 Å². The molecule has 0 aliphatic heterocycles. The van der Waals surface area contributed by atoms with Crippen LogP contribution in [0.25, 0.3) is 0 Å². The van der Waals surface area contributed by atoms with E-state index in [0.717, 1.165) is 5.56 Å². The van der Waals surface area contributed by atoms with Gasteiger partial charge in [0.15, 0.2) is 11.9 Å². The van der Waals surface area contributed by atoms with Crippen molar-refractivity contribution in [1.82, 2.24) is 0 Å². The molecule has 0 saturated heterocycles. The SMILES string of the molecule is CC(=O)O[C@H]1C(=C=O)C(=O)C(OCc2ccccc2)=C1C. The third-order valence-corrected chi connectivity index (χ3v) is 3.08. The third-order valence-electron chi connectivity index (χ3n) is 3.08. The van der Waals surface area contributed by atoms with Gasteiger partial charge in [-0.2, -0.15) is 0 Å². The van der Waals surface area contributed by atoms with Gasteiger partial charge in [-0.05, 0) is 12.5 Å². The van der Waals surface area contributed by atoms with Gasteiger partial charge in [0.2, 0.25) is 5.78 Å². The van der Waals surface area contributed by atoms with E-state index in [1.165, 1.54) is 6.92 Å². The molecule has 21 heavy (non-hydrogen) atoms. The molecule has 0 heterocycles. The summed E-state index contributed by atoms with van der Waals surface area (Å²) in [5, 5.41) is 0. The summed E-state index contributed by atoms with van der Waals surface area (Å²) >= 11 is 0. The van der Waals surface area contributed by atoms with Crippen molar-refractivity contribution in [3.63, 3.8) is 0 Å². The van der Waals surface area contributed by atoms with Gasteiger partial charge >= 0.3 is 5.97 Å². The predicted molar refractivity (Wildman–Crippen MR) is 73.7 cm³/mol. The van der Waals surface area contributed by atoms with Crippen molar-refractivity contribution in [2.24, 2.45) is 0 Å². The van der Waals surface area contributed by atoms with E-state index in [0.29, 0.717) is 5.57 Å². The van der Waals surface area contributed by atoms with E-state index in [4.69, 9.17) is 9.47 Å². The molecule has 0 fully saturated rings. The molecule has 5 nitrogen and oxygen atoms in total. The first-order valence-electron chi connectivity index (χ1n) is 6.39. The van der Waals surface area contributed by atoms with Gasteiger partial charge in [0, 0.05) is 12.5 Å². The Morgan fingerprint density at radius 2 is 1.95 bits per heavy atom. The smallest absolute Gasteiger partial charge is 0.303 e. The molecular weight excluding hydrogens is 272 g/mol. The van der Waals surface area contributed by atoms with Crippen LogP contribution in [0.3, 0.4) is 0 Å². The number of hydrogen-bond acceptors (Lipinski definition) is 5. The van der Waals surface area contributed by atoms with Gasteiger partial charge in [-0.15, -0.1) is 0 Å². The highest BCUT2D eigenvalue weighted by molar-refractivity contribution is 6.16. The Morgan fingerprint density at radius 1 is 1.29 bits per heavy atom. The van der Waals surface area contributed by atoms with Gasteiger partial charge in [0.05, 0.1) is 0 Å². The number of Topliss-reactive ketones (excluding diaryl/α,β-unsaturated/α-hetero) is 1. The fourth-order valence-electron chi connectivity index (χ4n) is 2.08. The Kier molecular flexibility index (Phi) is 4.36. The minimum absolute atomic E-state index is 0.0449. The lowest BCUT2D eigenvalue weighted by Gasteiger charge is -2.10. The van der Waals surface area contributed by atoms with Crippen LogP contribution in [-0.4, -0.2) is 23.8 Å². The predicted octanol–water partition coefficient (Wildman–Crippen LogP) is 1.75. The topological polar surface area (TPSA) is 69.7 Å². The molecule has 0 aromatic heterocycles. The van der Waals surface area contributed by atoms with Crippen molar-refractivity contribution in [1.29, 1.82) is 0 Å². The fraction of sp³-hybridized carbons (Fsp3) is 0.250. The summed E-state index contributed by atoms with van der Waals surface area (Å²) in [5.41, 5.74) is 1.06. The van der Waals surface area contributed by atoms with Crippen LogP contribution in [0.1, 0.15) is 19.4 Å². The maximum atomic E-state index is 12.1. The quantitative estimate of drug-likeness (QED) is 0.479. The van der Waals surface area contributed by atoms with Gasteiger partial charge in [-0.25, -0.2) is 4.79 Å². The number of hydrogen-bond donors (Lipinski definition) is 0. The molecule has 0 radical (unpaired) electrons. The van der Waals surface area contributed by atoms with Gasteiger partial charge < -0.3 is 9.47 Å².